The fourth-order valence-corrected chi connectivity index (χ4v) is 5.13. The molecule has 0 spiro atoms. The third-order valence-corrected chi connectivity index (χ3v) is 7.37. The predicted molar refractivity (Wildman–Crippen MR) is 131 cm³/mol. The van der Waals surface area contributed by atoms with Gasteiger partial charge in [-0.3, -0.25) is 13.7 Å². The van der Waals surface area contributed by atoms with Gasteiger partial charge in [-0.2, -0.15) is 18.2 Å². The first-order chi connectivity index (χ1) is 16.7. The monoisotopic (exact) mass is 564 g/mol. The van der Waals surface area contributed by atoms with Crippen LogP contribution >= 0.6 is 15.9 Å². The van der Waals surface area contributed by atoms with Crippen LogP contribution in [0, 0.1) is 0 Å². The Morgan fingerprint density at radius 2 is 2.14 bits per heavy atom. The molecule has 0 aliphatic heterocycles. The lowest BCUT2D eigenvalue weighted by molar-refractivity contribution is 0.0636. The highest BCUT2D eigenvalue weighted by Gasteiger charge is 2.39. The van der Waals surface area contributed by atoms with Crippen LogP contribution in [-0.4, -0.2) is 71.4 Å². The van der Waals surface area contributed by atoms with Crippen LogP contribution in [0.4, 0.5) is 5.82 Å². The summed E-state index contributed by atoms with van der Waals surface area (Å²) < 4.78 is 33.3. The van der Waals surface area contributed by atoms with Crippen LogP contribution in [0.15, 0.2) is 53.5 Å². The molecule has 35 heavy (non-hydrogen) atoms. The Labute approximate surface area is 211 Å². The minimum absolute atomic E-state index is 0.234. The highest BCUT2D eigenvalue weighted by molar-refractivity contribution is 9.10. The summed E-state index contributed by atoms with van der Waals surface area (Å²) in [5.74, 6) is 0.0189. The molecule has 2 N–H and O–H groups in total. The minimum atomic E-state index is -3.95. The molecule has 4 rings (SSSR count). The number of carbonyl (C=O) groups is 1. The van der Waals surface area contributed by atoms with Crippen LogP contribution in [0.3, 0.4) is 0 Å². The van der Waals surface area contributed by atoms with Gasteiger partial charge in [0, 0.05) is 37.0 Å². The molecule has 1 saturated carbocycles. The standard InChI is InChI=1S/C22H25BrN6O5S/c1-24-35(32,33)34-20-10-16(9-19(20)30)28(2)22-17(11-25-13-26-22)21(31)18-6-7-29(27-18)12-14-4-3-5-15(23)8-14/h3-8,11,13,16,19-20,24,30H,9-10,12H2,1-2H3/t16-,19+,20-/m1/s1. The molecule has 1 aromatic carbocycles. The number of hydrogen-bond donors (Lipinski definition) is 2. The second kappa shape index (κ2) is 10.5. The molecule has 2 heterocycles. The average Bonchev–Trinajstić information content (AvgIpc) is 3.44. The molecular weight excluding hydrogens is 540 g/mol. The zero-order chi connectivity index (χ0) is 25.2. The largest absolute Gasteiger partial charge is 0.390 e. The van der Waals surface area contributed by atoms with Crippen LogP contribution < -0.4 is 9.62 Å². The van der Waals surface area contributed by atoms with Gasteiger partial charge in [-0.25, -0.2) is 9.97 Å². The van der Waals surface area contributed by atoms with Crippen LogP contribution in [0.2, 0.25) is 0 Å². The van der Waals surface area contributed by atoms with Crippen molar-refractivity contribution in [3.63, 3.8) is 0 Å². The van der Waals surface area contributed by atoms with Gasteiger partial charge in [0.1, 0.15) is 23.9 Å². The van der Waals surface area contributed by atoms with E-state index < -0.39 is 22.5 Å². The first-order valence-electron chi connectivity index (χ1n) is 10.8. The van der Waals surface area contributed by atoms with E-state index in [-0.39, 0.29) is 35.9 Å². The number of rotatable bonds is 9. The maximum Gasteiger partial charge on any atom is 0.335 e. The smallest absolute Gasteiger partial charge is 0.335 e. The van der Waals surface area contributed by atoms with E-state index in [4.69, 9.17) is 4.18 Å². The summed E-state index contributed by atoms with van der Waals surface area (Å²) in [5.41, 5.74) is 1.53. The van der Waals surface area contributed by atoms with E-state index in [2.05, 4.69) is 35.7 Å². The summed E-state index contributed by atoms with van der Waals surface area (Å²) in [6.07, 6.45) is 3.09. The zero-order valence-electron chi connectivity index (χ0n) is 19.1. The van der Waals surface area contributed by atoms with Gasteiger partial charge in [0.05, 0.1) is 18.2 Å². The Bertz CT molecular complexity index is 1320. The van der Waals surface area contributed by atoms with Crippen LogP contribution in [0.1, 0.15) is 34.5 Å². The van der Waals surface area contributed by atoms with Crippen molar-refractivity contribution in [2.24, 2.45) is 0 Å². The van der Waals surface area contributed by atoms with E-state index >= 15 is 0 Å². The van der Waals surface area contributed by atoms with Crippen molar-refractivity contribution in [3.05, 3.63) is 70.3 Å². The Kier molecular flexibility index (Phi) is 7.62. The number of carbonyl (C=O) groups excluding carboxylic acids is 1. The Morgan fingerprint density at radius 3 is 2.89 bits per heavy atom. The number of benzene rings is 1. The van der Waals surface area contributed by atoms with Crippen LogP contribution in [-0.2, 0) is 21.0 Å². The van der Waals surface area contributed by atoms with Gasteiger partial charge in [-0.1, -0.05) is 28.1 Å². The topological polar surface area (TPSA) is 140 Å². The van der Waals surface area contributed by atoms with Gasteiger partial charge in [-0.05, 0) is 36.6 Å². The van der Waals surface area contributed by atoms with Gasteiger partial charge < -0.3 is 10.0 Å². The van der Waals surface area contributed by atoms with Crippen molar-refractivity contribution in [3.8, 4) is 0 Å². The molecular formula is C22H25BrN6O5S. The minimum Gasteiger partial charge on any atom is -0.390 e. The van der Waals surface area contributed by atoms with E-state index in [1.807, 2.05) is 24.3 Å². The van der Waals surface area contributed by atoms with E-state index in [0.717, 1.165) is 10.0 Å². The van der Waals surface area contributed by atoms with Crippen molar-refractivity contribution in [1.29, 1.82) is 0 Å². The number of aliphatic hydroxyl groups is 1. The molecule has 3 aromatic rings. The normalized spacial score (nSPS) is 20.2. The molecule has 186 valence electrons. The summed E-state index contributed by atoms with van der Waals surface area (Å²) in [4.78, 5) is 23.4. The molecule has 1 aliphatic rings. The van der Waals surface area contributed by atoms with E-state index in [1.54, 1.807) is 28.9 Å². The molecule has 13 heteroatoms. The van der Waals surface area contributed by atoms with Gasteiger partial charge in [0.25, 0.3) is 0 Å². The fourth-order valence-electron chi connectivity index (χ4n) is 4.05. The Morgan fingerprint density at radius 1 is 1.34 bits per heavy atom. The number of aromatic nitrogens is 4. The number of ketones is 1. The van der Waals surface area contributed by atoms with E-state index in [1.165, 1.54) is 19.6 Å². The lowest BCUT2D eigenvalue weighted by Gasteiger charge is -2.26. The van der Waals surface area contributed by atoms with Crippen molar-refractivity contribution in [2.45, 2.75) is 37.6 Å². The van der Waals surface area contributed by atoms with Crippen molar-refractivity contribution in [2.75, 3.05) is 19.0 Å². The molecule has 1 fully saturated rings. The second-order valence-corrected chi connectivity index (χ2v) is 10.6. The number of hydrogen-bond acceptors (Lipinski definition) is 9. The summed E-state index contributed by atoms with van der Waals surface area (Å²) in [7, 11) is -0.983. The highest BCUT2D eigenvalue weighted by atomic mass is 79.9. The number of nitrogens with zero attached hydrogens (tertiary/aromatic N) is 5. The summed E-state index contributed by atoms with van der Waals surface area (Å²) in [6.45, 7) is 0.502. The predicted octanol–water partition coefficient (Wildman–Crippen LogP) is 1.52. The molecule has 0 unspecified atom stereocenters. The molecule has 0 bridgehead atoms. The van der Waals surface area contributed by atoms with Crippen LogP contribution in [0.25, 0.3) is 0 Å². The molecule has 0 saturated heterocycles. The average molecular weight is 565 g/mol. The molecule has 0 amide bonds. The van der Waals surface area contributed by atoms with Gasteiger partial charge in [-0.15, -0.1) is 0 Å². The second-order valence-electron chi connectivity index (χ2n) is 8.21. The molecule has 2 aromatic heterocycles. The van der Waals surface area contributed by atoms with Crippen molar-refractivity contribution >= 4 is 37.8 Å². The van der Waals surface area contributed by atoms with Crippen molar-refractivity contribution in [1.82, 2.24) is 24.5 Å². The van der Waals surface area contributed by atoms with E-state index in [0.29, 0.717) is 12.4 Å². The Balaban J connectivity index is 1.51. The van der Waals surface area contributed by atoms with Crippen molar-refractivity contribution < 1.29 is 22.5 Å². The summed E-state index contributed by atoms with van der Waals surface area (Å²) >= 11 is 3.45. The summed E-state index contributed by atoms with van der Waals surface area (Å²) in [5, 5.41) is 14.8. The first kappa shape index (κ1) is 25.4. The van der Waals surface area contributed by atoms with Gasteiger partial charge in [0.15, 0.2) is 0 Å². The zero-order valence-corrected chi connectivity index (χ0v) is 21.5. The van der Waals surface area contributed by atoms with Gasteiger partial charge in [0.2, 0.25) is 5.78 Å². The number of anilines is 1. The number of nitrogens with one attached hydrogen (secondary N) is 1. The first-order valence-corrected chi connectivity index (χ1v) is 13.0. The fraction of sp³-hybridized carbons (Fsp3) is 0.364. The maximum atomic E-state index is 13.3. The molecule has 1 aliphatic carbocycles. The lowest BCUT2D eigenvalue weighted by Crippen LogP contribution is -2.33. The third-order valence-electron chi connectivity index (χ3n) is 5.87. The summed E-state index contributed by atoms with van der Waals surface area (Å²) in [6, 6.07) is 9.16. The van der Waals surface area contributed by atoms with Gasteiger partial charge >= 0.3 is 10.3 Å². The third kappa shape index (κ3) is 5.93. The lowest BCUT2D eigenvalue weighted by atomic mass is 10.1. The van der Waals surface area contributed by atoms with E-state index in [9.17, 15) is 18.3 Å². The SMILES string of the molecule is CNS(=O)(=O)O[C@@H]1C[C@H](N(C)c2ncncc2C(=O)c2ccn(Cc3cccc(Br)c3)n2)C[C@@H]1O. The number of halogens is 1. The number of aliphatic hydroxyl groups excluding tert-OH is 1. The quantitative estimate of drug-likeness (QED) is 0.370. The highest BCUT2D eigenvalue weighted by Crippen LogP contribution is 2.31. The maximum absolute atomic E-state index is 13.3. The molecule has 3 atom stereocenters. The van der Waals surface area contributed by atoms with Crippen LogP contribution in [0.5, 0.6) is 0 Å². The molecule has 0 radical (unpaired) electrons. The molecule has 11 nitrogen and oxygen atoms in total. The Hall–Kier alpha value is -2.71.